The number of fused-ring (bicyclic) bond motifs is 2. The molecule has 3 aliphatic carbocycles. The summed E-state index contributed by atoms with van der Waals surface area (Å²) in [6, 6.07) is 0. The van der Waals surface area contributed by atoms with Crippen LogP contribution in [0.2, 0.25) is 0 Å². The molecule has 3 saturated carbocycles. The summed E-state index contributed by atoms with van der Waals surface area (Å²) in [7, 11) is 0. The Morgan fingerprint density at radius 3 is 2.43 bits per heavy atom. The van der Waals surface area contributed by atoms with Crippen LogP contribution in [0.5, 0.6) is 0 Å². The predicted molar refractivity (Wildman–Crippen MR) is 46.0 cm³/mol. The van der Waals surface area contributed by atoms with Crippen molar-refractivity contribution >= 4 is 17.6 Å². The lowest BCUT2D eigenvalue weighted by Gasteiger charge is -2.41. The number of imide groups is 1. The van der Waals surface area contributed by atoms with Crippen LogP contribution >= 0.6 is 0 Å². The van der Waals surface area contributed by atoms with Gasteiger partial charge in [0.15, 0.2) is 0 Å². The van der Waals surface area contributed by atoms with Gasteiger partial charge in [-0.05, 0) is 18.8 Å². The summed E-state index contributed by atoms with van der Waals surface area (Å²) in [4.78, 5) is 34.5. The highest BCUT2D eigenvalue weighted by molar-refractivity contribution is 6.08. The molecule has 4 rings (SSSR count). The standard InChI is InChI=1S/C10H11NO3/c12-6-3-4-1-2-5(6)8-7(4)9(13)11-10(8)14/h4-5,7-8H,1-3H2,(H,11,13,14)/t4-,5+,7+,8-/m1/s1. The molecule has 0 aromatic heterocycles. The highest BCUT2D eigenvalue weighted by Gasteiger charge is 2.57. The number of carbonyl (C=O) groups is 3. The summed E-state index contributed by atoms with van der Waals surface area (Å²) in [5.41, 5.74) is 0. The highest BCUT2D eigenvalue weighted by atomic mass is 16.2. The van der Waals surface area contributed by atoms with Crippen molar-refractivity contribution in [2.75, 3.05) is 0 Å². The molecule has 74 valence electrons. The summed E-state index contributed by atoms with van der Waals surface area (Å²) in [6.45, 7) is 0. The number of rotatable bonds is 0. The van der Waals surface area contributed by atoms with Crippen LogP contribution in [0.3, 0.4) is 0 Å². The van der Waals surface area contributed by atoms with Crippen molar-refractivity contribution in [1.29, 1.82) is 0 Å². The van der Waals surface area contributed by atoms with E-state index in [2.05, 4.69) is 5.32 Å². The molecule has 0 spiro atoms. The molecule has 2 bridgehead atoms. The SMILES string of the molecule is O=C1NC(=O)[C@H]2[C@@H]1[C@@H]1CC[C@H]2C(=O)C1. The van der Waals surface area contributed by atoms with Crippen LogP contribution in [0.15, 0.2) is 0 Å². The molecule has 1 heterocycles. The van der Waals surface area contributed by atoms with Gasteiger partial charge in [0.05, 0.1) is 11.8 Å². The largest absolute Gasteiger partial charge is 0.299 e. The van der Waals surface area contributed by atoms with E-state index in [1.807, 2.05) is 0 Å². The van der Waals surface area contributed by atoms with Gasteiger partial charge in [-0.2, -0.15) is 0 Å². The van der Waals surface area contributed by atoms with Gasteiger partial charge in [0.2, 0.25) is 11.8 Å². The molecular formula is C10H11NO3. The van der Waals surface area contributed by atoms with E-state index in [1.165, 1.54) is 0 Å². The molecule has 14 heavy (non-hydrogen) atoms. The van der Waals surface area contributed by atoms with Gasteiger partial charge < -0.3 is 0 Å². The van der Waals surface area contributed by atoms with Gasteiger partial charge in [0.25, 0.3) is 0 Å². The van der Waals surface area contributed by atoms with Gasteiger partial charge in [0.1, 0.15) is 5.78 Å². The van der Waals surface area contributed by atoms with E-state index in [1.54, 1.807) is 0 Å². The Balaban J connectivity index is 2.04. The average molecular weight is 193 g/mol. The number of ketones is 1. The Morgan fingerprint density at radius 2 is 1.71 bits per heavy atom. The van der Waals surface area contributed by atoms with Crippen LogP contribution in [0.4, 0.5) is 0 Å². The zero-order chi connectivity index (χ0) is 9.87. The number of hydrogen-bond donors (Lipinski definition) is 1. The first-order chi connectivity index (χ1) is 6.68. The number of nitrogens with one attached hydrogen (secondary N) is 1. The predicted octanol–water partition coefficient (Wildman–Crippen LogP) is -0.126. The Morgan fingerprint density at radius 1 is 1.00 bits per heavy atom. The molecule has 1 aliphatic heterocycles. The maximum Gasteiger partial charge on any atom is 0.231 e. The molecule has 4 atom stereocenters. The van der Waals surface area contributed by atoms with Crippen molar-refractivity contribution in [3.05, 3.63) is 0 Å². The van der Waals surface area contributed by atoms with E-state index in [0.717, 1.165) is 12.8 Å². The topological polar surface area (TPSA) is 63.2 Å². The second-order valence-corrected chi connectivity index (χ2v) is 4.52. The third-order valence-electron chi connectivity index (χ3n) is 3.91. The molecule has 2 amide bonds. The van der Waals surface area contributed by atoms with Gasteiger partial charge >= 0.3 is 0 Å². The third-order valence-corrected chi connectivity index (χ3v) is 3.91. The van der Waals surface area contributed by atoms with E-state index in [-0.39, 0.29) is 41.3 Å². The molecule has 0 radical (unpaired) electrons. The quantitative estimate of drug-likeness (QED) is 0.545. The van der Waals surface area contributed by atoms with Crippen molar-refractivity contribution in [1.82, 2.24) is 5.32 Å². The number of amides is 2. The van der Waals surface area contributed by atoms with E-state index in [9.17, 15) is 14.4 Å². The van der Waals surface area contributed by atoms with Crippen molar-refractivity contribution in [2.45, 2.75) is 19.3 Å². The van der Waals surface area contributed by atoms with Crippen molar-refractivity contribution in [3.8, 4) is 0 Å². The fraction of sp³-hybridized carbons (Fsp3) is 0.700. The first-order valence-corrected chi connectivity index (χ1v) is 5.06. The summed E-state index contributed by atoms with van der Waals surface area (Å²) >= 11 is 0. The molecule has 4 heteroatoms. The minimum atomic E-state index is -0.331. The van der Waals surface area contributed by atoms with Gasteiger partial charge in [-0.15, -0.1) is 0 Å². The van der Waals surface area contributed by atoms with Gasteiger partial charge in [-0.1, -0.05) is 0 Å². The average Bonchev–Trinajstić information content (AvgIpc) is 2.45. The number of Topliss-reactive ketones (excluding diaryl/α,β-unsaturated/α-hetero) is 1. The van der Waals surface area contributed by atoms with E-state index < -0.39 is 0 Å². The Bertz CT molecular complexity index is 349. The lowest BCUT2D eigenvalue weighted by Crippen LogP contribution is -2.46. The lowest BCUT2D eigenvalue weighted by molar-refractivity contribution is -0.143. The van der Waals surface area contributed by atoms with Crippen molar-refractivity contribution in [3.63, 3.8) is 0 Å². The summed E-state index contributed by atoms with van der Waals surface area (Å²) < 4.78 is 0. The fourth-order valence-electron chi connectivity index (χ4n) is 3.31. The molecule has 1 saturated heterocycles. The fourth-order valence-corrected chi connectivity index (χ4v) is 3.31. The lowest BCUT2D eigenvalue weighted by atomic mass is 9.59. The molecule has 4 nitrogen and oxygen atoms in total. The molecular weight excluding hydrogens is 182 g/mol. The van der Waals surface area contributed by atoms with Crippen LogP contribution in [-0.2, 0) is 14.4 Å². The van der Waals surface area contributed by atoms with E-state index in [4.69, 9.17) is 0 Å². The minimum Gasteiger partial charge on any atom is -0.299 e. The zero-order valence-corrected chi connectivity index (χ0v) is 7.66. The van der Waals surface area contributed by atoms with Crippen LogP contribution in [0.25, 0.3) is 0 Å². The number of hydrogen-bond acceptors (Lipinski definition) is 3. The smallest absolute Gasteiger partial charge is 0.231 e. The Labute approximate surface area is 81.0 Å². The van der Waals surface area contributed by atoms with Crippen LogP contribution in [-0.4, -0.2) is 17.6 Å². The summed E-state index contributed by atoms with van der Waals surface area (Å²) in [5, 5.41) is 2.35. The minimum absolute atomic E-state index is 0.129. The summed E-state index contributed by atoms with van der Waals surface area (Å²) in [5.74, 6) is -0.751. The molecule has 1 N–H and O–H groups in total. The van der Waals surface area contributed by atoms with Crippen LogP contribution in [0, 0.1) is 23.7 Å². The van der Waals surface area contributed by atoms with Crippen molar-refractivity contribution in [2.24, 2.45) is 23.7 Å². The second-order valence-electron chi connectivity index (χ2n) is 4.52. The van der Waals surface area contributed by atoms with Gasteiger partial charge in [-0.3, -0.25) is 19.7 Å². The second kappa shape index (κ2) is 2.43. The first kappa shape index (κ1) is 8.15. The third kappa shape index (κ3) is 0.811. The molecule has 0 aromatic rings. The zero-order valence-electron chi connectivity index (χ0n) is 7.66. The maximum atomic E-state index is 11.6. The molecule has 0 aromatic carbocycles. The monoisotopic (exact) mass is 193 g/mol. The van der Waals surface area contributed by atoms with E-state index >= 15 is 0 Å². The molecule has 0 unspecified atom stereocenters. The highest BCUT2D eigenvalue weighted by Crippen LogP contribution is 2.49. The van der Waals surface area contributed by atoms with Crippen LogP contribution in [0.1, 0.15) is 19.3 Å². The molecule has 4 aliphatic rings. The Hall–Kier alpha value is -1.19. The normalized spacial score (nSPS) is 45.3. The van der Waals surface area contributed by atoms with E-state index in [0.29, 0.717) is 6.42 Å². The summed E-state index contributed by atoms with van der Waals surface area (Å²) in [6.07, 6.45) is 2.23. The first-order valence-electron chi connectivity index (χ1n) is 5.06. The van der Waals surface area contributed by atoms with Crippen LogP contribution < -0.4 is 5.32 Å². The van der Waals surface area contributed by atoms with Gasteiger partial charge in [-0.25, -0.2) is 0 Å². The number of carbonyl (C=O) groups excluding carboxylic acids is 3. The Kier molecular flexibility index (Phi) is 1.42. The van der Waals surface area contributed by atoms with Gasteiger partial charge in [0, 0.05) is 12.3 Å². The van der Waals surface area contributed by atoms with Crippen molar-refractivity contribution < 1.29 is 14.4 Å². The maximum absolute atomic E-state index is 11.6. The molecule has 4 fully saturated rings.